The Hall–Kier alpha value is -3.93. The third kappa shape index (κ3) is 3.43. The predicted octanol–water partition coefficient (Wildman–Crippen LogP) is 3.98. The van der Waals surface area contributed by atoms with E-state index in [0.717, 1.165) is 27.2 Å². The van der Waals surface area contributed by atoms with E-state index in [9.17, 15) is 14.7 Å². The quantitative estimate of drug-likeness (QED) is 0.403. The SMILES string of the molecule is CCOC(=O)c1cnc2c(ccc3ccccc32)c1Nc1cc(C(=O)[O-])ccc1C. The van der Waals surface area contributed by atoms with Crippen LogP contribution in [0.3, 0.4) is 0 Å². The summed E-state index contributed by atoms with van der Waals surface area (Å²) < 4.78 is 5.21. The normalized spacial score (nSPS) is 10.9. The average Bonchev–Trinajstić information content (AvgIpc) is 2.75. The maximum absolute atomic E-state index is 12.6. The fourth-order valence-electron chi connectivity index (χ4n) is 3.45. The molecule has 0 atom stereocenters. The Balaban J connectivity index is 1.96. The number of carboxylic acids is 1. The molecule has 30 heavy (non-hydrogen) atoms. The van der Waals surface area contributed by atoms with Crippen molar-refractivity contribution in [1.29, 1.82) is 0 Å². The molecule has 0 radical (unpaired) electrons. The molecule has 0 amide bonds. The fourth-order valence-corrected chi connectivity index (χ4v) is 3.45. The second-order valence-corrected chi connectivity index (χ2v) is 6.89. The number of pyridine rings is 1. The van der Waals surface area contributed by atoms with Crippen LogP contribution in [0.1, 0.15) is 33.2 Å². The van der Waals surface area contributed by atoms with Gasteiger partial charge >= 0.3 is 5.97 Å². The van der Waals surface area contributed by atoms with Gasteiger partial charge in [-0.1, -0.05) is 48.5 Å². The van der Waals surface area contributed by atoms with Gasteiger partial charge in [0.1, 0.15) is 5.56 Å². The highest BCUT2D eigenvalue weighted by molar-refractivity contribution is 6.13. The maximum Gasteiger partial charge on any atom is 0.341 e. The first-order valence-electron chi connectivity index (χ1n) is 9.56. The van der Waals surface area contributed by atoms with E-state index in [4.69, 9.17) is 4.74 Å². The molecule has 0 aliphatic rings. The van der Waals surface area contributed by atoms with Gasteiger partial charge in [0.2, 0.25) is 0 Å². The largest absolute Gasteiger partial charge is 0.545 e. The van der Waals surface area contributed by atoms with Crippen molar-refractivity contribution in [2.75, 3.05) is 11.9 Å². The summed E-state index contributed by atoms with van der Waals surface area (Å²) in [6, 6.07) is 16.4. The number of nitrogens with zero attached hydrogens (tertiary/aromatic N) is 1. The summed E-state index contributed by atoms with van der Waals surface area (Å²) in [5, 5.41) is 17.3. The summed E-state index contributed by atoms with van der Waals surface area (Å²) in [5.74, 6) is -1.77. The number of fused-ring (bicyclic) bond motifs is 3. The van der Waals surface area contributed by atoms with Crippen LogP contribution in [-0.2, 0) is 4.74 Å². The van der Waals surface area contributed by atoms with E-state index < -0.39 is 11.9 Å². The number of ether oxygens (including phenoxy) is 1. The summed E-state index contributed by atoms with van der Waals surface area (Å²) >= 11 is 0. The molecule has 0 saturated carbocycles. The van der Waals surface area contributed by atoms with Gasteiger partial charge in [-0.3, -0.25) is 4.98 Å². The van der Waals surface area contributed by atoms with E-state index in [1.807, 2.05) is 43.3 Å². The Morgan fingerprint density at radius 3 is 2.63 bits per heavy atom. The topological polar surface area (TPSA) is 91.3 Å². The molecule has 0 spiro atoms. The number of aromatic nitrogens is 1. The highest BCUT2D eigenvalue weighted by Gasteiger charge is 2.18. The van der Waals surface area contributed by atoms with Gasteiger partial charge in [0, 0.05) is 22.7 Å². The number of anilines is 2. The molecule has 1 heterocycles. The van der Waals surface area contributed by atoms with Gasteiger partial charge in [0.05, 0.1) is 23.8 Å². The van der Waals surface area contributed by atoms with E-state index in [2.05, 4.69) is 10.3 Å². The Kier molecular flexibility index (Phi) is 5.06. The molecule has 6 nitrogen and oxygen atoms in total. The minimum Gasteiger partial charge on any atom is -0.545 e. The summed E-state index contributed by atoms with van der Waals surface area (Å²) in [4.78, 5) is 28.5. The molecular formula is C24H19N2O4-. The van der Waals surface area contributed by atoms with Crippen molar-refractivity contribution >= 4 is 45.0 Å². The lowest BCUT2D eigenvalue weighted by Gasteiger charge is -2.17. The fraction of sp³-hybridized carbons (Fsp3) is 0.125. The van der Waals surface area contributed by atoms with E-state index >= 15 is 0 Å². The predicted molar refractivity (Wildman–Crippen MR) is 114 cm³/mol. The number of aromatic carboxylic acids is 1. The van der Waals surface area contributed by atoms with Gasteiger partial charge in [0.25, 0.3) is 0 Å². The number of carboxylic acid groups (broad SMARTS) is 1. The lowest BCUT2D eigenvalue weighted by atomic mass is 10.0. The van der Waals surface area contributed by atoms with Crippen LogP contribution in [0.15, 0.2) is 60.8 Å². The zero-order valence-electron chi connectivity index (χ0n) is 16.6. The third-order valence-electron chi connectivity index (χ3n) is 4.99. The lowest BCUT2D eigenvalue weighted by Crippen LogP contribution is -2.22. The molecule has 0 bridgehead atoms. The number of carbonyl (C=O) groups excluding carboxylic acids is 2. The maximum atomic E-state index is 12.6. The molecular weight excluding hydrogens is 380 g/mol. The molecule has 4 aromatic rings. The van der Waals surface area contributed by atoms with Gasteiger partial charge in [-0.2, -0.15) is 0 Å². The molecule has 0 aliphatic heterocycles. The van der Waals surface area contributed by atoms with Crippen LogP contribution in [0.5, 0.6) is 0 Å². The number of nitrogens with one attached hydrogen (secondary N) is 1. The monoisotopic (exact) mass is 399 g/mol. The minimum atomic E-state index is -1.27. The summed E-state index contributed by atoms with van der Waals surface area (Å²) in [5.41, 5.74) is 2.95. The van der Waals surface area contributed by atoms with Crippen molar-refractivity contribution in [2.45, 2.75) is 13.8 Å². The molecule has 150 valence electrons. The van der Waals surface area contributed by atoms with Crippen LogP contribution in [0.4, 0.5) is 11.4 Å². The molecule has 1 N–H and O–H groups in total. The van der Waals surface area contributed by atoms with Crippen LogP contribution < -0.4 is 10.4 Å². The van der Waals surface area contributed by atoms with Crippen molar-refractivity contribution in [1.82, 2.24) is 4.98 Å². The lowest BCUT2D eigenvalue weighted by molar-refractivity contribution is -0.255. The Morgan fingerprint density at radius 1 is 1.07 bits per heavy atom. The summed E-state index contributed by atoms with van der Waals surface area (Å²) in [7, 11) is 0. The second kappa shape index (κ2) is 7.83. The third-order valence-corrected chi connectivity index (χ3v) is 4.99. The first-order chi connectivity index (χ1) is 14.5. The molecule has 0 aliphatic carbocycles. The first kappa shape index (κ1) is 19.4. The van der Waals surface area contributed by atoms with Gasteiger partial charge in [-0.05, 0) is 36.4 Å². The van der Waals surface area contributed by atoms with Crippen molar-refractivity contribution < 1.29 is 19.4 Å². The van der Waals surface area contributed by atoms with Crippen molar-refractivity contribution in [2.24, 2.45) is 0 Å². The van der Waals surface area contributed by atoms with Gasteiger partial charge < -0.3 is 20.0 Å². The highest BCUT2D eigenvalue weighted by Crippen LogP contribution is 2.34. The number of carbonyl (C=O) groups is 2. The second-order valence-electron chi connectivity index (χ2n) is 6.89. The Bertz CT molecular complexity index is 1300. The molecule has 1 aromatic heterocycles. The van der Waals surface area contributed by atoms with Crippen LogP contribution in [0, 0.1) is 6.92 Å². The smallest absolute Gasteiger partial charge is 0.341 e. The Morgan fingerprint density at radius 2 is 1.87 bits per heavy atom. The highest BCUT2D eigenvalue weighted by atomic mass is 16.5. The zero-order valence-corrected chi connectivity index (χ0v) is 16.6. The van der Waals surface area contributed by atoms with Gasteiger partial charge in [0.15, 0.2) is 0 Å². The van der Waals surface area contributed by atoms with Crippen molar-refractivity contribution in [3.8, 4) is 0 Å². The number of rotatable bonds is 5. The number of hydrogen-bond donors (Lipinski definition) is 1. The molecule has 6 heteroatoms. The van der Waals surface area contributed by atoms with Crippen molar-refractivity contribution in [3.63, 3.8) is 0 Å². The zero-order chi connectivity index (χ0) is 21.3. The molecule has 0 fully saturated rings. The number of aryl methyl sites for hydroxylation is 1. The van der Waals surface area contributed by atoms with Crippen molar-refractivity contribution in [3.05, 3.63) is 77.5 Å². The summed E-state index contributed by atoms with van der Waals surface area (Å²) in [6.45, 7) is 3.82. The van der Waals surface area contributed by atoms with E-state index in [0.29, 0.717) is 11.4 Å². The Labute approximate surface area is 173 Å². The average molecular weight is 399 g/mol. The number of benzene rings is 3. The van der Waals surface area contributed by atoms with E-state index in [-0.39, 0.29) is 17.7 Å². The van der Waals surface area contributed by atoms with Crippen LogP contribution in [-0.4, -0.2) is 23.5 Å². The summed E-state index contributed by atoms with van der Waals surface area (Å²) in [6.07, 6.45) is 1.49. The number of esters is 1. The van der Waals surface area contributed by atoms with E-state index in [1.165, 1.54) is 18.3 Å². The van der Waals surface area contributed by atoms with Gasteiger partial charge in [-0.25, -0.2) is 4.79 Å². The standard InChI is InChI=1S/C24H20N2O4/c1-3-30-24(29)19-13-25-21-17-7-5-4-6-15(17)10-11-18(21)22(19)26-20-12-16(23(27)28)9-8-14(20)2/h4-13H,3H2,1-2H3,(H,25,26)(H,27,28)/p-1. The minimum absolute atomic E-state index is 0.0459. The first-order valence-corrected chi connectivity index (χ1v) is 9.56. The molecule has 0 saturated heterocycles. The van der Waals surface area contributed by atoms with Crippen LogP contribution in [0.25, 0.3) is 21.7 Å². The van der Waals surface area contributed by atoms with E-state index in [1.54, 1.807) is 13.0 Å². The molecule has 3 aromatic carbocycles. The number of hydrogen-bond acceptors (Lipinski definition) is 6. The van der Waals surface area contributed by atoms with Gasteiger partial charge in [-0.15, -0.1) is 0 Å². The molecule has 0 unspecified atom stereocenters. The van der Waals surface area contributed by atoms with Crippen LogP contribution >= 0.6 is 0 Å². The van der Waals surface area contributed by atoms with Crippen LogP contribution in [0.2, 0.25) is 0 Å². The molecule has 4 rings (SSSR count).